The Balaban J connectivity index is 1.89. The number of aliphatic hydroxyl groups excluding tert-OH is 4. The summed E-state index contributed by atoms with van der Waals surface area (Å²) in [7, 11) is 0. The molecule has 1 aromatic carbocycles. The third kappa shape index (κ3) is 3.57. The van der Waals surface area contributed by atoms with Gasteiger partial charge >= 0.3 is 5.63 Å². The summed E-state index contributed by atoms with van der Waals surface area (Å²) in [6, 6.07) is 4.11. The molecule has 0 spiro atoms. The Morgan fingerprint density at radius 3 is 2.56 bits per heavy atom. The first kappa shape index (κ1) is 19.4. The Bertz CT molecular complexity index is 861. The van der Waals surface area contributed by atoms with Gasteiger partial charge in [0.05, 0.1) is 18.6 Å². The van der Waals surface area contributed by atoms with Crippen molar-refractivity contribution in [1.82, 2.24) is 0 Å². The smallest absolute Gasteiger partial charge is 0.383 e. The van der Waals surface area contributed by atoms with Crippen LogP contribution >= 0.6 is 0 Å². The molecule has 1 aliphatic heterocycles. The van der Waals surface area contributed by atoms with E-state index >= 15 is 0 Å². The molecule has 1 fully saturated rings. The summed E-state index contributed by atoms with van der Waals surface area (Å²) >= 11 is 0. The Morgan fingerprint density at radius 2 is 1.89 bits per heavy atom. The second-order valence-corrected chi connectivity index (χ2v) is 5.97. The Morgan fingerprint density at radius 1 is 1.15 bits per heavy atom. The minimum absolute atomic E-state index is 0.00282. The maximum atomic E-state index is 11.9. The quantitative estimate of drug-likeness (QED) is 0.408. The maximum Gasteiger partial charge on any atom is 0.383 e. The van der Waals surface area contributed by atoms with Crippen molar-refractivity contribution in [3.63, 3.8) is 0 Å². The van der Waals surface area contributed by atoms with E-state index in [2.05, 4.69) is 0 Å². The van der Waals surface area contributed by atoms with E-state index in [0.717, 1.165) is 0 Å². The minimum Gasteiger partial charge on any atom is -0.504 e. The number of benzene rings is 1. The molecule has 148 valence electrons. The second-order valence-electron chi connectivity index (χ2n) is 5.97. The minimum atomic E-state index is -1.59. The molecule has 1 saturated heterocycles. The number of aliphatic hydroxyl groups is 4. The Labute approximate surface area is 152 Å². The first-order valence-electron chi connectivity index (χ1n) is 8.27. The molecule has 0 amide bonds. The van der Waals surface area contributed by atoms with Crippen LogP contribution in [0.3, 0.4) is 0 Å². The predicted molar refractivity (Wildman–Crippen MR) is 89.7 cm³/mol. The molecule has 0 saturated carbocycles. The van der Waals surface area contributed by atoms with Crippen LogP contribution in [0.15, 0.2) is 27.4 Å². The lowest BCUT2D eigenvalue weighted by Gasteiger charge is -2.39. The van der Waals surface area contributed by atoms with Crippen LogP contribution in [0.5, 0.6) is 17.2 Å². The van der Waals surface area contributed by atoms with Gasteiger partial charge < -0.3 is 44.2 Å². The van der Waals surface area contributed by atoms with Crippen LogP contribution in [-0.4, -0.2) is 69.5 Å². The van der Waals surface area contributed by atoms with Gasteiger partial charge in [-0.05, 0) is 19.1 Å². The van der Waals surface area contributed by atoms with Gasteiger partial charge in [-0.3, -0.25) is 0 Å². The third-order valence-corrected chi connectivity index (χ3v) is 4.20. The van der Waals surface area contributed by atoms with Crippen molar-refractivity contribution in [3.05, 3.63) is 28.6 Å². The predicted octanol–water partition coefficient (Wildman–Crippen LogP) is -0.924. The Hall–Kier alpha value is -2.37. The summed E-state index contributed by atoms with van der Waals surface area (Å²) in [5, 5.41) is 49.1. The average molecular weight is 384 g/mol. The number of hydrogen-bond donors (Lipinski definition) is 5. The van der Waals surface area contributed by atoms with Gasteiger partial charge in [0.25, 0.3) is 0 Å². The maximum absolute atomic E-state index is 11.9. The lowest BCUT2D eigenvalue weighted by molar-refractivity contribution is -0.277. The lowest BCUT2D eigenvalue weighted by Crippen LogP contribution is -2.60. The Kier molecular flexibility index (Phi) is 5.53. The second kappa shape index (κ2) is 7.71. The standard InChI is InChI=1S/C17H20O10/c1-2-24-15-11(19)8-4-3-7(5-9(8)26-16(15)23)25-17-14(22)13(21)12(20)10(6-18)27-17/h3-5,10,12-14,17-22H,2,6H2,1H3/t10-,12-,13+,14+,17-/m1/s1. The fourth-order valence-corrected chi connectivity index (χ4v) is 2.79. The molecule has 5 atom stereocenters. The monoisotopic (exact) mass is 384 g/mol. The number of hydrogen-bond acceptors (Lipinski definition) is 10. The molecule has 0 bridgehead atoms. The van der Waals surface area contributed by atoms with Crippen LogP contribution in [0.1, 0.15) is 6.92 Å². The van der Waals surface area contributed by atoms with Crippen LogP contribution in [0.2, 0.25) is 0 Å². The van der Waals surface area contributed by atoms with E-state index in [4.69, 9.17) is 18.6 Å². The van der Waals surface area contributed by atoms with E-state index in [0.29, 0.717) is 0 Å². The van der Waals surface area contributed by atoms with E-state index < -0.39 is 42.9 Å². The summed E-state index contributed by atoms with van der Waals surface area (Å²) in [5.74, 6) is -0.575. The van der Waals surface area contributed by atoms with E-state index in [1.807, 2.05) is 0 Å². The van der Waals surface area contributed by atoms with Crippen molar-refractivity contribution < 1.29 is 44.2 Å². The van der Waals surface area contributed by atoms with Crippen LogP contribution in [0.25, 0.3) is 11.0 Å². The zero-order chi connectivity index (χ0) is 19.7. The van der Waals surface area contributed by atoms with Crippen LogP contribution in [0.4, 0.5) is 0 Å². The molecule has 10 heteroatoms. The molecule has 2 heterocycles. The topological polar surface area (TPSA) is 159 Å². The zero-order valence-corrected chi connectivity index (χ0v) is 14.3. The van der Waals surface area contributed by atoms with E-state index in [9.17, 15) is 30.3 Å². The zero-order valence-electron chi connectivity index (χ0n) is 14.3. The summed E-state index contributed by atoms with van der Waals surface area (Å²) < 4.78 is 20.9. The van der Waals surface area contributed by atoms with E-state index in [1.165, 1.54) is 18.2 Å². The van der Waals surface area contributed by atoms with E-state index in [1.54, 1.807) is 6.92 Å². The summed E-state index contributed by atoms with van der Waals surface area (Å²) in [6.07, 6.45) is -7.18. The molecule has 0 unspecified atom stereocenters. The highest BCUT2D eigenvalue weighted by molar-refractivity contribution is 5.86. The lowest BCUT2D eigenvalue weighted by atomic mass is 9.99. The van der Waals surface area contributed by atoms with E-state index in [-0.39, 0.29) is 34.8 Å². The summed E-state index contributed by atoms with van der Waals surface area (Å²) in [6.45, 7) is 1.23. The molecule has 3 rings (SSSR count). The normalized spacial score (nSPS) is 28.3. The number of rotatable bonds is 5. The number of fused-ring (bicyclic) bond motifs is 1. The SMILES string of the molecule is CCOc1c(O)c2ccc(O[C@@H]3O[C@H](CO)[C@@H](O)[C@H](O)[C@@H]3O)cc2oc1=O. The number of ether oxygens (including phenoxy) is 3. The van der Waals surface area contributed by atoms with Gasteiger partial charge in [-0.25, -0.2) is 4.79 Å². The van der Waals surface area contributed by atoms with Gasteiger partial charge in [-0.15, -0.1) is 0 Å². The molecule has 2 aromatic rings. The largest absolute Gasteiger partial charge is 0.504 e. The van der Waals surface area contributed by atoms with Gasteiger partial charge in [-0.1, -0.05) is 0 Å². The molecule has 27 heavy (non-hydrogen) atoms. The van der Waals surface area contributed by atoms with Gasteiger partial charge in [0.1, 0.15) is 35.7 Å². The van der Waals surface area contributed by atoms with Gasteiger partial charge in [0, 0.05) is 6.07 Å². The van der Waals surface area contributed by atoms with Crippen molar-refractivity contribution in [2.45, 2.75) is 37.6 Å². The highest BCUT2D eigenvalue weighted by Gasteiger charge is 2.44. The first-order chi connectivity index (χ1) is 12.9. The molecule has 1 aliphatic rings. The molecule has 10 nitrogen and oxygen atoms in total. The molecule has 0 aliphatic carbocycles. The summed E-state index contributed by atoms with van der Waals surface area (Å²) in [4.78, 5) is 11.9. The average Bonchev–Trinajstić information content (AvgIpc) is 2.65. The van der Waals surface area contributed by atoms with Crippen molar-refractivity contribution in [3.8, 4) is 17.2 Å². The molecular weight excluding hydrogens is 364 g/mol. The summed E-state index contributed by atoms with van der Waals surface area (Å²) in [5.41, 5.74) is -0.866. The van der Waals surface area contributed by atoms with Crippen LogP contribution in [0, 0.1) is 0 Å². The molecular formula is C17H20O10. The number of aromatic hydroxyl groups is 1. The van der Waals surface area contributed by atoms with Crippen LogP contribution in [-0.2, 0) is 4.74 Å². The van der Waals surface area contributed by atoms with Gasteiger partial charge in [0.15, 0.2) is 5.75 Å². The van der Waals surface area contributed by atoms with Crippen molar-refractivity contribution in [1.29, 1.82) is 0 Å². The highest BCUT2D eigenvalue weighted by atomic mass is 16.7. The first-order valence-corrected chi connectivity index (χ1v) is 8.27. The fourth-order valence-electron chi connectivity index (χ4n) is 2.79. The molecule has 1 aromatic heterocycles. The molecule has 0 radical (unpaired) electrons. The van der Waals surface area contributed by atoms with Crippen molar-refractivity contribution in [2.75, 3.05) is 13.2 Å². The van der Waals surface area contributed by atoms with Crippen molar-refractivity contribution >= 4 is 11.0 Å². The van der Waals surface area contributed by atoms with Crippen LogP contribution < -0.4 is 15.1 Å². The fraction of sp³-hybridized carbons (Fsp3) is 0.471. The highest BCUT2D eigenvalue weighted by Crippen LogP contribution is 2.34. The van der Waals surface area contributed by atoms with Gasteiger partial charge in [-0.2, -0.15) is 0 Å². The van der Waals surface area contributed by atoms with Crippen molar-refractivity contribution in [2.24, 2.45) is 0 Å². The third-order valence-electron chi connectivity index (χ3n) is 4.20. The van der Waals surface area contributed by atoms with Gasteiger partial charge in [0.2, 0.25) is 12.0 Å². The molecule has 5 N–H and O–H groups in total.